The number of H-pyrrole nitrogens is 1. The van der Waals surface area contributed by atoms with E-state index in [4.69, 9.17) is 4.74 Å². The molecule has 1 N–H and O–H groups in total. The molecule has 5 aromatic rings. The molecule has 0 spiro atoms. The van der Waals surface area contributed by atoms with Crippen LogP contribution in [0.5, 0.6) is 0 Å². The van der Waals surface area contributed by atoms with E-state index in [0.717, 1.165) is 11.1 Å². The molecule has 0 aliphatic carbocycles. The largest absolute Gasteiger partial charge is 0.461 e. The minimum Gasteiger partial charge on any atom is -0.461 e. The number of carbonyl (C=O) groups excluding carboxylic acids is 1. The Morgan fingerprint density at radius 1 is 1.03 bits per heavy atom. The van der Waals surface area contributed by atoms with Gasteiger partial charge in [-0.15, -0.1) is 0 Å². The standard InChI is InChI=1S/C28H23BrN2O5S/c1-3-36-28(33)26-23(29)21-14-13-19-15-22(37(34,35)20-7-5-4-6-8-20)27(32)30-24(19)25(21)31(26)16-18-11-9-17(2)10-12-18/h4-15H,3,16H2,1-2H3,(H,30,32). The van der Waals surface area contributed by atoms with Crippen LogP contribution in [0, 0.1) is 6.92 Å². The quantitative estimate of drug-likeness (QED) is 0.264. The number of benzene rings is 3. The lowest BCUT2D eigenvalue weighted by molar-refractivity contribution is 0.0514. The van der Waals surface area contributed by atoms with Gasteiger partial charge < -0.3 is 14.3 Å². The number of fused-ring (bicyclic) bond motifs is 3. The van der Waals surface area contributed by atoms with Crippen molar-refractivity contribution in [3.05, 3.63) is 104 Å². The number of aromatic nitrogens is 2. The fourth-order valence-corrected chi connectivity index (χ4v) is 6.46. The molecule has 0 fully saturated rings. The molecule has 2 heterocycles. The fraction of sp³-hybridized carbons (Fsp3) is 0.143. The zero-order valence-electron chi connectivity index (χ0n) is 20.1. The number of nitrogens with zero attached hydrogens (tertiary/aromatic N) is 1. The molecule has 0 aliphatic rings. The molecule has 37 heavy (non-hydrogen) atoms. The number of sulfone groups is 1. The Morgan fingerprint density at radius 2 is 1.73 bits per heavy atom. The molecule has 0 aliphatic heterocycles. The lowest BCUT2D eigenvalue weighted by Gasteiger charge is -2.13. The van der Waals surface area contributed by atoms with Gasteiger partial charge in [-0.3, -0.25) is 4.79 Å². The molecular formula is C28H23BrN2O5S. The van der Waals surface area contributed by atoms with E-state index < -0.39 is 21.4 Å². The van der Waals surface area contributed by atoms with Crippen LogP contribution in [-0.2, 0) is 21.1 Å². The van der Waals surface area contributed by atoms with Crippen LogP contribution in [0.1, 0.15) is 28.5 Å². The number of hydrogen-bond acceptors (Lipinski definition) is 5. The Kier molecular flexibility index (Phi) is 6.51. The van der Waals surface area contributed by atoms with E-state index in [1.807, 2.05) is 31.2 Å². The maximum atomic E-state index is 13.2. The van der Waals surface area contributed by atoms with E-state index in [0.29, 0.717) is 38.5 Å². The number of hydrogen-bond donors (Lipinski definition) is 1. The summed E-state index contributed by atoms with van der Waals surface area (Å²) in [5.41, 5.74) is 2.65. The summed E-state index contributed by atoms with van der Waals surface area (Å²) < 4.78 is 34.1. The highest BCUT2D eigenvalue weighted by Crippen LogP contribution is 2.36. The van der Waals surface area contributed by atoms with E-state index in [1.165, 1.54) is 18.2 Å². The van der Waals surface area contributed by atoms with Gasteiger partial charge in [0.15, 0.2) is 0 Å². The summed E-state index contributed by atoms with van der Waals surface area (Å²) in [5.74, 6) is -0.503. The predicted molar refractivity (Wildman–Crippen MR) is 146 cm³/mol. The van der Waals surface area contributed by atoms with Gasteiger partial charge in [-0.05, 0) is 53.5 Å². The second-order valence-electron chi connectivity index (χ2n) is 8.66. The highest BCUT2D eigenvalue weighted by molar-refractivity contribution is 9.10. The van der Waals surface area contributed by atoms with E-state index in [1.54, 1.807) is 41.8 Å². The van der Waals surface area contributed by atoms with E-state index in [9.17, 15) is 18.0 Å². The van der Waals surface area contributed by atoms with Crippen LogP contribution in [-0.4, -0.2) is 30.5 Å². The van der Waals surface area contributed by atoms with Gasteiger partial charge in [0.05, 0.1) is 27.0 Å². The van der Waals surface area contributed by atoms with Gasteiger partial charge >= 0.3 is 5.97 Å². The summed E-state index contributed by atoms with van der Waals surface area (Å²) >= 11 is 3.57. The Morgan fingerprint density at radius 3 is 2.41 bits per heavy atom. The van der Waals surface area contributed by atoms with E-state index >= 15 is 0 Å². The zero-order valence-corrected chi connectivity index (χ0v) is 22.5. The number of carbonyl (C=O) groups is 1. The molecule has 0 unspecified atom stereocenters. The number of rotatable bonds is 6. The molecule has 0 amide bonds. The molecular weight excluding hydrogens is 556 g/mol. The third kappa shape index (κ3) is 4.38. The summed E-state index contributed by atoms with van der Waals surface area (Å²) in [6, 6.07) is 20.7. The van der Waals surface area contributed by atoms with Crippen LogP contribution >= 0.6 is 15.9 Å². The maximum Gasteiger partial charge on any atom is 0.356 e. The summed E-state index contributed by atoms with van der Waals surface area (Å²) in [7, 11) is -4.03. The first kappa shape index (κ1) is 25.0. The number of nitrogens with one attached hydrogen (secondary N) is 1. The minimum absolute atomic E-state index is 0.0380. The monoisotopic (exact) mass is 578 g/mol. The first-order valence-electron chi connectivity index (χ1n) is 11.6. The van der Waals surface area contributed by atoms with Crippen molar-refractivity contribution in [1.29, 1.82) is 0 Å². The summed E-state index contributed by atoms with van der Waals surface area (Å²) in [5, 5.41) is 1.21. The molecule has 7 nitrogen and oxygen atoms in total. The van der Waals surface area contributed by atoms with Gasteiger partial charge in [-0.2, -0.15) is 0 Å². The molecule has 0 radical (unpaired) electrons. The Labute approximate surface area is 221 Å². The molecule has 9 heteroatoms. The summed E-state index contributed by atoms with van der Waals surface area (Å²) in [6.07, 6.45) is 0. The molecule has 3 aromatic carbocycles. The highest BCUT2D eigenvalue weighted by Gasteiger charge is 2.26. The summed E-state index contributed by atoms with van der Waals surface area (Å²) in [6.45, 7) is 4.27. The number of ether oxygens (including phenoxy) is 1. The molecule has 0 saturated carbocycles. The molecule has 0 bridgehead atoms. The average molecular weight is 579 g/mol. The van der Waals surface area contributed by atoms with Crippen molar-refractivity contribution in [2.45, 2.75) is 30.2 Å². The second-order valence-corrected chi connectivity index (χ2v) is 11.4. The van der Waals surface area contributed by atoms with Gasteiger partial charge in [0.25, 0.3) is 5.56 Å². The van der Waals surface area contributed by atoms with Crippen LogP contribution in [0.2, 0.25) is 0 Å². The highest BCUT2D eigenvalue weighted by atomic mass is 79.9. The van der Waals surface area contributed by atoms with Gasteiger partial charge in [0, 0.05) is 17.3 Å². The molecule has 0 atom stereocenters. The smallest absolute Gasteiger partial charge is 0.356 e. The maximum absolute atomic E-state index is 13.2. The predicted octanol–water partition coefficient (Wildman–Crippen LogP) is 5.61. The van der Waals surface area contributed by atoms with Crippen molar-refractivity contribution in [3.63, 3.8) is 0 Å². The molecule has 5 rings (SSSR count). The van der Waals surface area contributed by atoms with Gasteiger partial charge in [0.1, 0.15) is 10.6 Å². The van der Waals surface area contributed by atoms with Gasteiger partial charge in [0.2, 0.25) is 9.84 Å². The van der Waals surface area contributed by atoms with Crippen LogP contribution in [0.15, 0.2) is 91.9 Å². The lowest BCUT2D eigenvalue weighted by Crippen LogP contribution is -2.18. The van der Waals surface area contributed by atoms with Crippen molar-refractivity contribution in [2.24, 2.45) is 0 Å². The minimum atomic E-state index is -4.03. The van der Waals surface area contributed by atoms with E-state index in [-0.39, 0.29) is 16.4 Å². The topological polar surface area (TPSA) is 98.2 Å². The van der Waals surface area contributed by atoms with E-state index in [2.05, 4.69) is 20.9 Å². The van der Waals surface area contributed by atoms with Crippen molar-refractivity contribution in [3.8, 4) is 0 Å². The Bertz CT molecular complexity index is 1820. The van der Waals surface area contributed by atoms with Gasteiger partial charge in [-0.1, -0.05) is 60.2 Å². The normalized spacial score (nSPS) is 11.8. The van der Waals surface area contributed by atoms with Crippen LogP contribution in [0.3, 0.4) is 0 Å². The first-order chi connectivity index (χ1) is 17.7. The lowest BCUT2D eigenvalue weighted by atomic mass is 10.1. The van der Waals surface area contributed by atoms with Crippen LogP contribution in [0.4, 0.5) is 0 Å². The number of halogens is 1. The number of aryl methyl sites for hydroxylation is 1. The second kappa shape index (κ2) is 9.64. The number of aromatic amines is 1. The molecule has 188 valence electrons. The third-order valence-electron chi connectivity index (χ3n) is 6.22. The summed E-state index contributed by atoms with van der Waals surface area (Å²) in [4.78, 5) is 28.7. The zero-order chi connectivity index (χ0) is 26.3. The third-order valence-corrected chi connectivity index (χ3v) is 8.79. The van der Waals surface area contributed by atoms with Crippen LogP contribution in [0.25, 0.3) is 21.8 Å². The van der Waals surface area contributed by atoms with Crippen molar-refractivity contribution < 1.29 is 17.9 Å². The SMILES string of the molecule is CCOC(=O)c1c(Br)c2ccc3cc(S(=O)(=O)c4ccccc4)c(=O)[nH]c3c2n1Cc1ccc(C)cc1. The number of esters is 1. The van der Waals surface area contributed by atoms with Gasteiger partial charge in [-0.25, -0.2) is 13.2 Å². The first-order valence-corrected chi connectivity index (χ1v) is 13.9. The molecule has 0 saturated heterocycles. The Balaban J connectivity index is 1.79. The number of pyridine rings is 1. The Hall–Kier alpha value is -3.69. The fourth-order valence-electron chi connectivity index (χ4n) is 4.42. The molecule has 2 aromatic heterocycles. The van der Waals surface area contributed by atoms with Crippen molar-refractivity contribution >= 4 is 53.5 Å². The van der Waals surface area contributed by atoms with Crippen molar-refractivity contribution in [2.75, 3.05) is 6.61 Å². The van der Waals surface area contributed by atoms with Crippen molar-refractivity contribution in [1.82, 2.24) is 9.55 Å². The van der Waals surface area contributed by atoms with Crippen LogP contribution < -0.4 is 5.56 Å². The average Bonchev–Trinajstić information content (AvgIpc) is 3.17.